The number of thioether (sulfide) groups is 1. The summed E-state index contributed by atoms with van der Waals surface area (Å²) >= 11 is 4.69. The number of carbonyl (C=O) groups excluding carboxylic acids is 2. The third-order valence-corrected chi connectivity index (χ3v) is 5.94. The average Bonchev–Trinajstić information content (AvgIpc) is 3.05. The standard InChI is InChI=1S/C23H17BrN2O3S/c1-14(27)25-23-26-22(28)21(30-23)12-15-9-10-20(19(24)11-15)29-13-17-7-4-6-16-5-2-3-8-18(16)17/h2-12H,13H2,1H3,(H,25,26,27,28). The van der Waals surface area contributed by atoms with Gasteiger partial charge in [-0.1, -0.05) is 48.5 Å². The van der Waals surface area contributed by atoms with Crippen molar-refractivity contribution < 1.29 is 14.3 Å². The number of amidine groups is 1. The van der Waals surface area contributed by atoms with E-state index in [-0.39, 0.29) is 11.8 Å². The first-order valence-corrected chi connectivity index (χ1v) is 10.8. The van der Waals surface area contributed by atoms with Crippen LogP contribution in [-0.4, -0.2) is 17.0 Å². The van der Waals surface area contributed by atoms with Crippen LogP contribution in [0.2, 0.25) is 0 Å². The number of amides is 2. The molecule has 3 aromatic carbocycles. The zero-order valence-corrected chi connectivity index (χ0v) is 18.4. The Morgan fingerprint density at radius 1 is 1.17 bits per heavy atom. The van der Waals surface area contributed by atoms with Crippen molar-refractivity contribution in [3.05, 3.63) is 81.2 Å². The normalized spacial score (nSPS) is 14.8. The molecule has 0 unspecified atom stereocenters. The Morgan fingerprint density at radius 2 is 1.97 bits per heavy atom. The summed E-state index contributed by atoms with van der Waals surface area (Å²) in [5.41, 5.74) is 1.94. The molecule has 7 heteroatoms. The Labute approximate surface area is 186 Å². The smallest absolute Gasteiger partial charge is 0.286 e. The number of aliphatic imine (C=N–C) groups is 1. The molecule has 0 aliphatic carbocycles. The average molecular weight is 481 g/mol. The van der Waals surface area contributed by atoms with Crippen LogP contribution in [0.4, 0.5) is 0 Å². The topological polar surface area (TPSA) is 67.8 Å². The van der Waals surface area contributed by atoms with Crippen LogP contribution < -0.4 is 10.1 Å². The number of hydrogen-bond acceptors (Lipinski definition) is 4. The SMILES string of the molecule is CC(=O)NC1=NC(=O)C(=Cc2ccc(OCc3cccc4ccccc34)c(Br)c2)S1. The van der Waals surface area contributed by atoms with Gasteiger partial charge in [0.2, 0.25) is 5.91 Å². The zero-order chi connectivity index (χ0) is 21.1. The Morgan fingerprint density at radius 3 is 2.77 bits per heavy atom. The number of benzene rings is 3. The summed E-state index contributed by atoms with van der Waals surface area (Å²) in [6.45, 7) is 1.83. The number of carbonyl (C=O) groups is 2. The molecule has 1 heterocycles. The van der Waals surface area contributed by atoms with Crippen molar-refractivity contribution >= 4 is 61.5 Å². The lowest BCUT2D eigenvalue weighted by Gasteiger charge is -2.11. The van der Waals surface area contributed by atoms with Gasteiger partial charge in [0.05, 0.1) is 9.38 Å². The maximum atomic E-state index is 12.0. The summed E-state index contributed by atoms with van der Waals surface area (Å²) in [5, 5.41) is 5.19. The van der Waals surface area contributed by atoms with E-state index in [0.717, 1.165) is 27.4 Å². The molecule has 0 radical (unpaired) electrons. The van der Waals surface area contributed by atoms with Crippen LogP contribution in [0.15, 0.2) is 75.0 Å². The van der Waals surface area contributed by atoms with Crippen LogP contribution in [0, 0.1) is 0 Å². The lowest BCUT2D eigenvalue weighted by Crippen LogP contribution is -2.23. The van der Waals surface area contributed by atoms with Gasteiger partial charge in [-0.25, -0.2) is 0 Å². The number of fused-ring (bicyclic) bond motifs is 1. The largest absolute Gasteiger partial charge is 0.488 e. The predicted octanol–water partition coefficient (Wildman–Crippen LogP) is 5.29. The molecule has 0 saturated carbocycles. The van der Waals surface area contributed by atoms with Gasteiger partial charge in [0.15, 0.2) is 5.17 Å². The van der Waals surface area contributed by atoms with Crippen LogP contribution in [0.25, 0.3) is 16.8 Å². The molecule has 5 nitrogen and oxygen atoms in total. The molecule has 0 atom stereocenters. The summed E-state index contributed by atoms with van der Waals surface area (Å²) in [5.74, 6) is 0.0903. The van der Waals surface area contributed by atoms with Crippen molar-refractivity contribution in [3.8, 4) is 5.75 Å². The van der Waals surface area contributed by atoms with Gasteiger partial charge in [0, 0.05) is 6.92 Å². The van der Waals surface area contributed by atoms with Gasteiger partial charge in [0.25, 0.3) is 5.91 Å². The van der Waals surface area contributed by atoms with E-state index in [2.05, 4.69) is 50.5 Å². The Balaban J connectivity index is 1.47. The van der Waals surface area contributed by atoms with Crippen molar-refractivity contribution in [2.45, 2.75) is 13.5 Å². The molecule has 30 heavy (non-hydrogen) atoms. The van der Waals surface area contributed by atoms with Gasteiger partial charge in [-0.15, -0.1) is 0 Å². The number of halogens is 1. The molecule has 4 rings (SSSR count). The molecule has 0 fully saturated rings. The highest BCUT2D eigenvalue weighted by Crippen LogP contribution is 2.31. The summed E-state index contributed by atoms with van der Waals surface area (Å²) in [4.78, 5) is 27.5. The van der Waals surface area contributed by atoms with Gasteiger partial charge in [-0.2, -0.15) is 4.99 Å². The lowest BCUT2D eigenvalue weighted by atomic mass is 10.1. The van der Waals surface area contributed by atoms with E-state index in [1.54, 1.807) is 6.08 Å². The highest BCUT2D eigenvalue weighted by Gasteiger charge is 2.22. The minimum Gasteiger partial charge on any atom is -0.488 e. The first kappa shape index (κ1) is 20.4. The molecule has 0 saturated heterocycles. The second-order valence-electron chi connectivity index (χ2n) is 6.63. The van der Waals surface area contributed by atoms with Gasteiger partial charge < -0.3 is 10.1 Å². The van der Waals surface area contributed by atoms with Crippen molar-refractivity contribution in [1.29, 1.82) is 0 Å². The molecule has 1 N–H and O–H groups in total. The van der Waals surface area contributed by atoms with Crippen molar-refractivity contribution in [2.24, 2.45) is 4.99 Å². The zero-order valence-electron chi connectivity index (χ0n) is 16.0. The molecule has 1 aliphatic rings. The summed E-state index contributed by atoms with van der Waals surface area (Å²) in [6.07, 6.45) is 1.74. The maximum Gasteiger partial charge on any atom is 0.286 e. The quantitative estimate of drug-likeness (QED) is 0.515. The second kappa shape index (κ2) is 8.85. The molecular weight excluding hydrogens is 464 g/mol. The Kier molecular flexibility index (Phi) is 6.01. The van der Waals surface area contributed by atoms with E-state index in [9.17, 15) is 9.59 Å². The Bertz CT molecular complexity index is 1210. The summed E-state index contributed by atoms with van der Waals surface area (Å²) in [7, 11) is 0. The Hall–Kier alpha value is -2.90. The fourth-order valence-electron chi connectivity index (χ4n) is 3.06. The highest BCUT2D eigenvalue weighted by molar-refractivity contribution is 9.10. The molecule has 1 aliphatic heterocycles. The van der Waals surface area contributed by atoms with Gasteiger partial charge in [-0.05, 0) is 67.8 Å². The van der Waals surface area contributed by atoms with E-state index >= 15 is 0 Å². The number of nitrogens with zero attached hydrogens (tertiary/aromatic N) is 1. The van der Waals surface area contributed by atoms with Crippen molar-refractivity contribution in [2.75, 3.05) is 0 Å². The van der Waals surface area contributed by atoms with Crippen molar-refractivity contribution in [3.63, 3.8) is 0 Å². The summed E-state index contributed by atoms with van der Waals surface area (Å²) in [6, 6.07) is 20.0. The molecule has 2 amide bonds. The molecule has 150 valence electrons. The minimum absolute atomic E-state index is 0.259. The van der Waals surface area contributed by atoms with Crippen LogP contribution in [0.5, 0.6) is 5.75 Å². The van der Waals surface area contributed by atoms with Crippen molar-refractivity contribution in [1.82, 2.24) is 5.32 Å². The lowest BCUT2D eigenvalue weighted by molar-refractivity contribution is -0.117. The number of ether oxygens (including phenoxy) is 1. The van der Waals surface area contributed by atoms with Crippen LogP contribution >= 0.6 is 27.7 Å². The first-order valence-electron chi connectivity index (χ1n) is 9.19. The summed E-state index contributed by atoms with van der Waals surface area (Å²) < 4.78 is 6.82. The van der Waals surface area contributed by atoms with E-state index in [0.29, 0.717) is 22.4 Å². The number of nitrogens with one attached hydrogen (secondary N) is 1. The van der Waals surface area contributed by atoms with E-state index < -0.39 is 0 Å². The van der Waals surface area contributed by atoms with E-state index in [1.807, 2.05) is 36.4 Å². The maximum absolute atomic E-state index is 12.0. The molecule has 0 spiro atoms. The highest BCUT2D eigenvalue weighted by atomic mass is 79.9. The van der Waals surface area contributed by atoms with Gasteiger partial charge in [-0.3, -0.25) is 9.59 Å². The minimum atomic E-state index is -0.365. The third kappa shape index (κ3) is 4.63. The van der Waals surface area contributed by atoms with Crippen LogP contribution in [0.3, 0.4) is 0 Å². The molecule has 0 bridgehead atoms. The molecule has 3 aromatic rings. The van der Waals surface area contributed by atoms with E-state index in [4.69, 9.17) is 4.74 Å². The first-order chi connectivity index (χ1) is 14.5. The van der Waals surface area contributed by atoms with Gasteiger partial charge in [0.1, 0.15) is 12.4 Å². The van der Waals surface area contributed by atoms with Crippen LogP contribution in [-0.2, 0) is 16.2 Å². The number of hydrogen-bond donors (Lipinski definition) is 1. The monoisotopic (exact) mass is 480 g/mol. The second-order valence-corrected chi connectivity index (χ2v) is 8.52. The molecule has 0 aromatic heterocycles. The predicted molar refractivity (Wildman–Crippen MR) is 124 cm³/mol. The van der Waals surface area contributed by atoms with Gasteiger partial charge >= 0.3 is 0 Å². The fourth-order valence-corrected chi connectivity index (χ4v) is 4.43. The van der Waals surface area contributed by atoms with E-state index in [1.165, 1.54) is 17.7 Å². The number of rotatable bonds is 4. The molecular formula is C23H17BrN2O3S. The third-order valence-electron chi connectivity index (χ3n) is 4.42. The van der Waals surface area contributed by atoms with Crippen LogP contribution in [0.1, 0.15) is 18.1 Å². The fraction of sp³-hybridized carbons (Fsp3) is 0.0870.